The summed E-state index contributed by atoms with van der Waals surface area (Å²) in [6.45, 7) is 5.06. The Morgan fingerprint density at radius 2 is 2.07 bits per heavy atom. The van der Waals surface area contributed by atoms with Crippen molar-refractivity contribution in [3.63, 3.8) is 0 Å². The number of nitrogens with zero attached hydrogens (tertiary/aromatic N) is 4. The summed E-state index contributed by atoms with van der Waals surface area (Å²) in [6.07, 6.45) is 5.16. The van der Waals surface area contributed by atoms with Crippen LogP contribution in [0.15, 0.2) is 47.7 Å². The molecule has 1 aliphatic rings. The van der Waals surface area contributed by atoms with Gasteiger partial charge in [0.05, 0.1) is 24.0 Å². The number of para-hydroxylation sites is 1. The largest absolute Gasteiger partial charge is 0.388 e. The zero-order chi connectivity index (χ0) is 19.1. The molecule has 146 valence electrons. The fourth-order valence-electron chi connectivity index (χ4n) is 3.11. The molecule has 1 aromatic heterocycles. The molecular formula is C20H29N5O2. The lowest BCUT2D eigenvalue weighted by Crippen LogP contribution is -2.43. The summed E-state index contributed by atoms with van der Waals surface area (Å²) >= 11 is 0. The third kappa shape index (κ3) is 5.30. The second kappa shape index (κ2) is 9.01. The number of ether oxygens (including phenoxy) is 1. The second-order valence-corrected chi connectivity index (χ2v) is 6.99. The molecule has 2 aromatic rings. The van der Waals surface area contributed by atoms with Gasteiger partial charge in [0.25, 0.3) is 0 Å². The van der Waals surface area contributed by atoms with Crippen molar-refractivity contribution in [3.05, 3.63) is 48.3 Å². The summed E-state index contributed by atoms with van der Waals surface area (Å²) in [5, 5.41) is 18.4. The molecule has 1 aliphatic heterocycles. The molecule has 0 aliphatic carbocycles. The van der Waals surface area contributed by atoms with E-state index in [9.17, 15) is 5.11 Å². The van der Waals surface area contributed by atoms with Gasteiger partial charge in [-0.3, -0.25) is 4.99 Å². The first-order valence-corrected chi connectivity index (χ1v) is 9.48. The summed E-state index contributed by atoms with van der Waals surface area (Å²) in [7, 11) is 2.00. The van der Waals surface area contributed by atoms with Crippen LogP contribution in [0.5, 0.6) is 0 Å². The number of hydrogen-bond acceptors (Lipinski definition) is 4. The average molecular weight is 371 g/mol. The van der Waals surface area contributed by atoms with E-state index in [0.717, 1.165) is 23.8 Å². The molecule has 1 fully saturated rings. The first-order valence-electron chi connectivity index (χ1n) is 9.48. The molecule has 7 nitrogen and oxygen atoms in total. The van der Waals surface area contributed by atoms with Crippen LogP contribution in [0.4, 0.5) is 0 Å². The lowest BCUT2D eigenvalue weighted by atomic mass is 9.95. The first-order chi connectivity index (χ1) is 13.1. The predicted octanol–water partition coefficient (Wildman–Crippen LogP) is 1.81. The maximum absolute atomic E-state index is 10.6. The second-order valence-electron chi connectivity index (χ2n) is 6.99. The van der Waals surface area contributed by atoms with Crippen molar-refractivity contribution < 1.29 is 9.84 Å². The van der Waals surface area contributed by atoms with Gasteiger partial charge in [-0.05, 0) is 19.1 Å². The van der Waals surface area contributed by atoms with E-state index in [2.05, 4.69) is 20.3 Å². The van der Waals surface area contributed by atoms with Crippen molar-refractivity contribution in [3.8, 4) is 5.69 Å². The zero-order valence-electron chi connectivity index (χ0n) is 16.1. The van der Waals surface area contributed by atoms with Gasteiger partial charge >= 0.3 is 0 Å². The van der Waals surface area contributed by atoms with E-state index in [1.807, 2.05) is 61.4 Å². The Hall–Kier alpha value is -2.38. The Kier molecular flexibility index (Phi) is 6.47. The average Bonchev–Trinajstić information content (AvgIpc) is 3.15. The standard InChI is InChI=1S/C20H29N5O2/c1-3-21-19(22-16-20(26)9-11-27-12-10-20)24(2)14-17-13-23-25(15-17)18-7-5-4-6-8-18/h4-8,13,15,26H,3,9-12,14,16H2,1-2H3,(H,21,22). The van der Waals surface area contributed by atoms with Crippen molar-refractivity contribution >= 4 is 5.96 Å². The summed E-state index contributed by atoms with van der Waals surface area (Å²) in [5.41, 5.74) is 1.36. The molecule has 7 heteroatoms. The summed E-state index contributed by atoms with van der Waals surface area (Å²) in [5.74, 6) is 0.782. The van der Waals surface area contributed by atoms with Crippen LogP contribution >= 0.6 is 0 Å². The summed E-state index contributed by atoms with van der Waals surface area (Å²) in [6, 6.07) is 10.0. The Labute approximate surface area is 160 Å². The quantitative estimate of drug-likeness (QED) is 0.598. The summed E-state index contributed by atoms with van der Waals surface area (Å²) in [4.78, 5) is 6.72. The van der Waals surface area contributed by atoms with E-state index >= 15 is 0 Å². The van der Waals surface area contributed by atoms with Crippen LogP contribution in [0.25, 0.3) is 5.69 Å². The highest BCUT2D eigenvalue weighted by molar-refractivity contribution is 5.79. The van der Waals surface area contributed by atoms with Crippen LogP contribution in [-0.4, -0.2) is 64.7 Å². The fraction of sp³-hybridized carbons (Fsp3) is 0.500. The maximum Gasteiger partial charge on any atom is 0.194 e. The van der Waals surface area contributed by atoms with Gasteiger partial charge in [-0.25, -0.2) is 4.68 Å². The third-order valence-corrected chi connectivity index (χ3v) is 4.72. The van der Waals surface area contributed by atoms with Crippen LogP contribution in [-0.2, 0) is 11.3 Å². The van der Waals surface area contributed by atoms with Crippen LogP contribution in [0.1, 0.15) is 25.3 Å². The van der Waals surface area contributed by atoms with Crippen LogP contribution in [0, 0.1) is 0 Å². The number of aliphatic hydroxyl groups is 1. The van der Waals surface area contributed by atoms with Gasteiger partial charge in [-0.2, -0.15) is 5.10 Å². The number of guanidine groups is 1. The minimum atomic E-state index is -0.766. The zero-order valence-corrected chi connectivity index (χ0v) is 16.1. The fourth-order valence-corrected chi connectivity index (χ4v) is 3.11. The van der Waals surface area contributed by atoms with E-state index < -0.39 is 5.60 Å². The topological polar surface area (TPSA) is 74.9 Å². The van der Waals surface area contributed by atoms with Crippen molar-refractivity contribution in [1.82, 2.24) is 20.0 Å². The van der Waals surface area contributed by atoms with E-state index in [1.54, 1.807) is 0 Å². The maximum atomic E-state index is 10.6. The van der Waals surface area contributed by atoms with Gasteiger partial charge < -0.3 is 20.1 Å². The Morgan fingerprint density at radius 3 is 2.78 bits per heavy atom. The van der Waals surface area contributed by atoms with Crippen molar-refractivity contribution in [2.24, 2.45) is 4.99 Å². The van der Waals surface area contributed by atoms with Crippen LogP contribution in [0.2, 0.25) is 0 Å². The molecule has 3 rings (SSSR count). The summed E-state index contributed by atoms with van der Waals surface area (Å²) < 4.78 is 7.21. The molecule has 0 unspecified atom stereocenters. The number of benzene rings is 1. The van der Waals surface area contributed by atoms with E-state index in [4.69, 9.17) is 4.74 Å². The Balaban J connectivity index is 1.65. The van der Waals surface area contributed by atoms with E-state index in [0.29, 0.717) is 39.1 Å². The molecule has 0 amide bonds. The Bertz CT molecular complexity index is 738. The molecule has 0 saturated carbocycles. The number of hydrogen-bond donors (Lipinski definition) is 2. The lowest BCUT2D eigenvalue weighted by molar-refractivity contribution is -0.0566. The molecule has 0 spiro atoms. The Morgan fingerprint density at radius 1 is 1.33 bits per heavy atom. The van der Waals surface area contributed by atoms with Gasteiger partial charge in [-0.1, -0.05) is 18.2 Å². The number of nitrogens with one attached hydrogen (secondary N) is 1. The molecule has 2 N–H and O–H groups in total. The van der Waals surface area contributed by atoms with Crippen molar-refractivity contribution in [2.45, 2.75) is 31.9 Å². The first kappa shape index (κ1) is 19.4. The van der Waals surface area contributed by atoms with Gasteiger partial charge in [-0.15, -0.1) is 0 Å². The molecular weight excluding hydrogens is 342 g/mol. The lowest BCUT2D eigenvalue weighted by Gasteiger charge is -2.31. The minimum absolute atomic E-state index is 0.381. The minimum Gasteiger partial charge on any atom is -0.388 e. The van der Waals surface area contributed by atoms with E-state index in [1.165, 1.54) is 0 Å². The van der Waals surface area contributed by atoms with E-state index in [-0.39, 0.29) is 0 Å². The highest BCUT2D eigenvalue weighted by Crippen LogP contribution is 2.20. The molecule has 1 saturated heterocycles. The molecule has 0 atom stereocenters. The monoisotopic (exact) mass is 371 g/mol. The highest BCUT2D eigenvalue weighted by Gasteiger charge is 2.29. The smallest absolute Gasteiger partial charge is 0.194 e. The normalized spacial score (nSPS) is 16.9. The molecule has 27 heavy (non-hydrogen) atoms. The van der Waals surface area contributed by atoms with Gasteiger partial charge in [0.1, 0.15) is 0 Å². The van der Waals surface area contributed by atoms with Crippen LogP contribution in [0.3, 0.4) is 0 Å². The van der Waals surface area contributed by atoms with Gasteiger partial charge in [0, 0.05) is 58.0 Å². The van der Waals surface area contributed by atoms with Gasteiger partial charge in [0.15, 0.2) is 5.96 Å². The van der Waals surface area contributed by atoms with Gasteiger partial charge in [0.2, 0.25) is 0 Å². The predicted molar refractivity (Wildman–Crippen MR) is 106 cm³/mol. The van der Waals surface area contributed by atoms with Crippen molar-refractivity contribution in [2.75, 3.05) is 33.4 Å². The molecule has 2 heterocycles. The molecule has 1 aromatic carbocycles. The number of aromatic nitrogens is 2. The third-order valence-electron chi connectivity index (χ3n) is 4.72. The van der Waals surface area contributed by atoms with Crippen LogP contribution < -0.4 is 5.32 Å². The molecule has 0 bridgehead atoms. The number of aliphatic imine (C=N–C) groups is 1. The van der Waals surface area contributed by atoms with Crippen molar-refractivity contribution in [1.29, 1.82) is 0 Å². The highest BCUT2D eigenvalue weighted by atomic mass is 16.5. The SMILES string of the molecule is CCNC(=NCC1(O)CCOCC1)N(C)Cc1cnn(-c2ccccc2)c1. The molecule has 0 radical (unpaired) electrons. The number of rotatable bonds is 6.